The van der Waals surface area contributed by atoms with Crippen LogP contribution in [-0.4, -0.2) is 12.1 Å². The van der Waals surface area contributed by atoms with Crippen molar-refractivity contribution in [3.8, 4) is 5.75 Å². The van der Waals surface area contributed by atoms with Crippen LogP contribution in [0.3, 0.4) is 0 Å². The van der Waals surface area contributed by atoms with Crippen molar-refractivity contribution in [1.29, 1.82) is 0 Å². The number of benzene rings is 2. The molecule has 22 heavy (non-hydrogen) atoms. The van der Waals surface area contributed by atoms with Gasteiger partial charge in [-0.05, 0) is 18.6 Å². The number of unbranched alkanes of at least 4 members (excludes halogenated alkanes) is 2. The van der Waals surface area contributed by atoms with Crippen molar-refractivity contribution in [1.82, 2.24) is 4.98 Å². The van der Waals surface area contributed by atoms with Crippen molar-refractivity contribution < 1.29 is 9.30 Å². The van der Waals surface area contributed by atoms with Crippen LogP contribution in [0.1, 0.15) is 26.2 Å². The Morgan fingerprint density at radius 2 is 1.77 bits per heavy atom. The van der Waals surface area contributed by atoms with Crippen LogP contribution in [0.2, 0.25) is 0 Å². The van der Waals surface area contributed by atoms with Crippen LogP contribution in [-0.2, 0) is 6.54 Å². The predicted molar refractivity (Wildman–Crippen MR) is 91.9 cm³/mol. The molecule has 0 unspecified atom stereocenters. The van der Waals surface area contributed by atoms with E-state index in [-0.39, 0.29) is 7.43 Å². The van der Waals surface area contributed by atoms with Gasteiger partial charge in [0.2, 0.25) is 11.0 Å². The van der Waals surface area contributed by atoms with Gasteiger partial charge in [0.1, 0.15) is 12.1 Å². The highest BCUT2D eigenvalue weighted by Gasteiger charge is 2.18. The average Bonchev–Trinajstić information content (AvgIpc) is 2.54. The quantitative estimate of drug-likeness (QED) is 0.303. The van der Waals surface area contributed by atoms with Gasteiger partial charge in [-0.3, -0.25) is 0 Å². The molecule has 3 aromatic rings. The standard InChI is InChI=1S/C18H21N2O.CH3/c1-3-4-7-13-20-15-10-6-5-9-14(15)19-18-16(20)11-8-12-17(18)21-2;/h5-6,8-12H,3-4,7,13H2,1-2H3;1H3/q+1;-1. The molecule has 0 fully saturated rings. The number of hydrogen-bond acceptors (Lipinski definition) is 2. The predicted octanol–water partition coefficient (Wildman–Crippen LogP) is 4.32. The Hall–Kier alpha value is -2.16. The number of aryl methyl sites for hydroxylation is 1. The smallest absolute Gasteiger partial charge is 0.235 e. The SMILES string of the molecule is CCCCC[n+]1c2ccccc2nc2c(OC)cccc21.[CH3-]. The lowest BCUT2D eigenvalue weighted by Gasteiger charge is -2.07. The highest BCUT2D eigenvalue weighted by Crippen LogP contribution is 2.23. The van der Waals surface area contributed by atoms with Crippen LogP contribution in [0.4, 0.5) is 0 Å². The Morgan fingerprint density at radius 1 is 1.00 bits per heavy atom. The third-order valence-corrected chi connectivity index (χ3v) is 3.88. The van der Waals surface area contributed by atoms with Gasteiger partial charge in [-0.15, -0.1) is 0 Å². The van der Waals surface area contributed by atoms with E-state index in [4.69, 9.17) is 9.72 Å². The van der Waals surface area contributed by atoms with E-state index in [9.17, 15) is 0 Å². The van der Waals surface area contributed by atoms with Gasteiger partial charge in [0, 0.05) is 18.6 Å². The molecule has 0 saturated heterocycles. The Kier molecular flexibility index (Phi) is 5.31. The van der Waals surface area contributed by atoms with E-state index in [1.54, 1.807) is 7.11 Å². The monoisotopic (exact) mass is 296 g/mol. The first-order chi connectivity index (χ1) is 10.3. The molecule has 1 aromatic heterocycles. The number of hydrogen-bond donors (Lipinski definition) is 0. The molecule has 3 rings (SSSR count). The topological polar surface area (TPSA) is 26.0 Å². The minimum Gasteiger partial charge on any atom is -0.494 e. The summed E-state index contributed by atoms with van der Waals surface area (Å²) in [5, 5.41) is 0. The largest absolute Gasteiger partial charge is 0.494 e. The van der Waals surface area contributed by atoms with Crippen LogP contribution in [0.5, 0.6) is 5.75 Å². The van der Waals surface area contributed by atoms with Gasteiger partial charge in [-0.25, -0.2) is 4.98 Å². The summed E-state index contributed by atoms with van der Waals surface area (Å²) in [5.74, 6) is 0.836. The molecule has 0 aliphatic heterocycles. The zero-order valence-corrected chi connectivity index (χ0v) is 13.7. The minimum atomic E-state index is 0. The number of nitrogens with zero attached hydrogens (tertiary/aromatic N) is 2. The van der Waals surface area contributed by atoms with Gasteiger partial charge in [-0.2, -0.15) is 4.57 Å². The van der Waals surface area contributed by atoms with E-state index in [1.165, 1.54) is 24.8 Å². The molecule has 3 nitrogen and oxygen atoms in total. The summed E-state index contributed by atoms with van der Waals surface area (Å²) >= 11 is 0. The minimum absolute atomic E-state index is 0. The number of ether oxygens (including phenoxy) is 1. The molecular formula is C19H24N2O. The Labute approximate surface area is 132 Å². The first kappa shape index (κ1) is 16.2. The van der Waals surface area contributed by atoms with Crippen LogP contribution < -0.4 is 9.30 Å². The number of rotatable bonds is 5. The summed E-state index contributed by atoms with van der Waals surface area (Å²) in [6.07, 6.45) is 3.65. The van der Waals surface area contributed by atoms with Gasteiger partial charge < -0.3 is 12.2 Å². The maximum atomic E-state index is 5.48. The number of methoxy groups -OCH3 is 1. The first-order valence-electron chi connectivity index (χ1n) is 7.60. The van der Waals surface area contributed by atoms with Crippen LogP contribution in [0.15, 0.2) is 42.5 Å². The molecule has 0 bridgehead atoms. The second kappa shape index (κ2) is 7.21. The van der Waals surface area contributed by atoms with Gasteiger partial charge in [0.15, 0.2) is 11.3 Å². The molecule has 0 aliphatic rings. The van der Waals surface area contributed by atoms with E-state index in [0.717, 1.165) is 28.8 Å². The molecule has 2 aromatic carbocycles. The summed E-state index contributed by atoms with van der Waals surface area (Å²) in [5.41, 5.74) is 4.29. The molecular weight excluding hydrogens is 272 g/mol. The molecule has 0 amide bonds. The van der Waals surface area contributed by atoms with Crippen molar-refractivity contribution in [2.45, 2.75) is 32.7 Å². The molecule has 1 heterocycles. The van der Waals surface area contributed by atoms with E-state index in [0.29, 0.717) is 0 Å². The lowest BCUT2D eigenvalue weighted by molar-refractivity contribution is -0.646. The molecule has 0 spiro atoms. The number of aromatic nitrogens is 2. The normalized spacial score (nSPS) is 10.6. The second-order valence-corrected chi connectivity index (χ2v) is 5.29. The molecule has 0 radical (unpaired) electrons. The summed E-state index contributed by atoms with van der Waals surface area (Å²) in [7, 11) is 1.70. The summed E-state index contributed by atoms with van der Waals surface area (Å²) in [6, 6.07) is 14.5. The van der Waals surface area contributed by atoms with Gasteiger partial charge in [-0.1, -0.05) is 31.5 Å². The third kappa shape index (κ3) is 2.89. The van der Waals surface area contributed by atoms with Crippen molar-refractivity contribution in [2.24, 2.45) is 0 Å². The molecule has 0 aliphatic carbocycles. The van der Waals surface area contributed by atoms with E-state index in [2.05, 4.69) is 35.8 Å². The summed E-state index contributed by atoms with van der Waals surface area (Å²) in [4.78, 5) is 4.79. The molecule has 116 valence electrons. The fourth-order valence-corrected chi connectivity index (χ4v) is 2.80. The molecule has 3 heteroatoms. The van der Waals surface area contributed by atoms with Crippen LogP contribution in [0, 0.1) is 7.43 Å². The van der Waals surface area contributed by atoms with E-state index in [1.807, 2.05) is 18.2 Å². The van der Waals surface area contributed by atoms with Crippen LogP contribution in [0.25, 0.3) is 22.1 Å². The lowest BCUT2D eigenvalue weighted by atomic mass is 10.2. The highest BCUT2D eigenvalue weighted by atomic mass is 16.5. The van der Waals surface area contributed by atoms with Gasteiger partial charge in [0.05, 0.1) is 7.11 Å². The lowest BCUT2D eigenvalue weighted by Crippen LogP contribution is -2.36. The third-order valence-electron chi connectivity index (χ3n) is 3.88. The average molecular weight is 296 g/mol. The van der Waals surface area contributed by atoms with Crippen LogP contribution >= 0.6 is 0 Å². The van der Waals surface area contributed by atoms with Crippen molar-refractivity contribution >= 4 is 22.1 Å². The fraction of sp³-hybridized carbons (Fsp3) is 0.316. The summed E-state index contributed by atoms with van der Waals surface area (Å²) in [6.45, 7) is 3.25. The Morgan fingerprint density at radius 3 is 2.55 bits per heavy atom. The highest BCUT2D eigenvalue weighted by molar-refractivity contribution is 5.85. The Balaban J connectivity index is 0.00000176. The van der Waals surface area contributed by atoms with Gasteiger partial charge >= 0.3 is 0 Å². The van der Waals surface area contributed by atoms with Gasteiger partial charge in [0.25, 0.3) is 0 Å². The maximum Gasteiger partial charge on any atom is 0.235 e. The maximum absolute atomic E-state index is 5.48. The van der Waals surface area contributed by atoms with Crippen molar-refractivity contribution in [3.05, 3.63) is 49.9 Å². The molecule has 0 saturated carbocycles. The number of fused-ring (bicyclic) bond motifs is 2. The Bertz CT molecular complexity index is 768. The summed E-state index contributed by atoms with van der Waals surface area (Å²) < 4.78 is 7.85. The van der Waals surface area contributed by atoms with E-state index >= 15 is 0 Å². The second-order valence-electron chi connectivity index (χ2n) is 5.29. The molecule has 0 atom stereocenters. The van der Waals surface area contributed by atoms with Crippen molar-refractivity contribution in [2.75, 3.05) is 7.11 Å². The fourth-order valence-electron chi connectivity index (χ4n) is 2.80. The first-order valence-corrected chi connectivity index (χ1v) is 7.60. The van der Waals surface area contributed by atoms with E-state index < -0.39 is 0 Å². The zero-order chi connectivity index (χ0) is 14.7. The number of para-hydroxylation sites is 3. The molecule has 0 N–H and O–H groups in total. The van der Waals surface area contributed by atoms with Crippen molar-refractivity contribution in [3.63, 3.8) is 0 Å². The zero-order valence-electron chi connectivity index (χ0n) is 13.7.